The van der Waals surface area contributed by atoms with Crippen LogP contribution in [0.2, 0.25) is 0 Å². The Labute approximate surface area is 267 Å². The standard InChI is InChI=1S/C41H23N3OS/c1-2-12-25(13-3-1)39-42-40(31-18-10-17-29-28-15-7-9-20-34(28)46-38(29)31)44-41(43-39)32-23-26-22-21-24-11-4-5-14-27(24)35(26)37-36(32)30-16-6-8-19-33(30)45-37/h1-23H. The normalized spacial score (nSPS) is 11.9. The number of furan rings is 1. The summed E-state index contributed by atoms with van der Waals surface area (Å²) in [5.74, 6) is 1.91. The second-order valence-electron chi connectivity index (χ2n) is 11.6. The predicted molar refractivity (Wildman–Crippen MR) is 191 cm³/mol. The van der Waals surface area contributed by atoms with Crippen molar-refractivity contribution in [3.05, 3.63) is 140 Å². The first kappa shape index (κ1) is 25.4. The minimum absolute atomic E-state index is 0.619. The van der Waals surface area contributed by atoms with Gasteiger partial charge in [-0.3, -0.25) is 0 Å². The number of hydrogen-bond donors (Lipinski definition) is 0. The Morgan fingerprint density at radius 2 is 1.13 bits per heavy atom. The Balaban J connectivity index is 1.33. The summed E-state index contributed by atoms with van der Waals surface area (Å²) in [4.78, 5) is 15.5. The van der Waals surface area contributed by atoms with Crippen LogP contribution < -0.4 is 0 Å². The molecule has 4 nitrogen and oxygen atoms in total. The van der Waals surface area contributed by atoms with E-state index in [0.717, 1.165) is 54.8 Å². The molecule has 0 saturated heterocycles. The second-order valence-corrected chi connectivity index (χ2v) is 12.6. The summed E-state index contributed by atoms with van der Waals surface area (Å²) < 4.78 is 9.10. The highest BCUT2D eigenvalue weighted by atomic mass is 32.1. The van der Waals surface area contributed by atoms with Gasteiger partial charge in [0.15, 0.2) is 17.5 Å². The van der Waals surface area contributed by atoms with Gasteiger partial charge in [-0.05, 0) is 40.4 Å². The van der Waals surface area contributed by atoms with Crippen LogP contribution in [0.15, 0.2) is 144 Å². The molecule has 0 bridgehead atoms. The second kappa shape index (κ2) is 9.80. The number of nitrogens with zero attached hydrogens (tertiary/aromatic N) is 3. The summed E-state index contributed by atoms with van der Waals surface area (Å²) in [5.41, 5.74) is 4.55. The minimum atomic E-state index is 0.619. The van der Waals surface area contributed by atoms with Crippen LogP contribution in [0.4, 0.5) is 0 Å². The molecular weight excluding hydrogens is 583 g/mol. The molecule has 0 fully saturated rings. The molecule has 7 aromatic carbocycles. The molecule has 3 aromatic heterocycles. The van der Waals surface area contributed by atoms with Crippen LogP contribution in [0.1, 0.15) is 0 Å². The number of hydrogen-bond acceptors (Lipinski definition) is 5. The first-order valence-corrected chi connectivity index (χ1v) is 16.1. The largest absolute Gasteiger partial charge is 0.455 e. The topological polar surface area (TPSA) is 51.8 Å². The zero-order valence-corrected chi connectivity index (χ0v) is 25.3. The molecule has 46 heavy (non-hydrogen) atoms. The number of para-hydroxylation sites is 1. The summed E-state index contributed by atoms with van der Waals surface area (Å²) in [6, 6.07) is 48.4. The van der Waals surface area contributed by atoms with Gasteiger partial charge in [0.05, 0.1) is 0 Å². The summed E-state index contributed by atoms with van der Waals surface area (Å²) in [5, 5.41) is 9.02. The van der Waals surface area contributed by atoms with E-state index in [4.69, 9.17) is 19.4 Å². The lowest BCUT2D eigenvalue weighted by Gasteiger charge is -2.12. The fraction of sp³-hybridized carbons (Fsp3) is 0. The highest BCUT2D eigenvalue weighted by Crippen LogP contribution is 2.44. The van der Waals surface area contributed by atoms with Gasteiger partial charge in [0.25, 0.3) is 0 Å². The molecule has 0 aliphatic rings. The third-order valence-electron chi connectivity index (χ3n) is 8.91. The Kier molecular flexibility index (Phi) is 5.41. The number of fused-ring (bicyclic) bond motifs is 10. The Bertz CT molecular complexity index is 2820. The van der Waals surface area contributed by atoms with Crippen molar-refractivity contribution in [2.24, 2.45) is 0 Å². The van der Waals surface area contributed by atoms with E-state index in [9.17, 15) is 0 Å². The maximum Gasteiger partial charge on any atom is 0.165 e. The first-order chi connectivity index (χ1) is 22.8. The molecule has 0 saturated carbocycles. The van der Waals surface area contributed by atoms with Crippen LogP contribution in [0.3, 0.4) is 0 Å². The average molecular weight is 606 g/mol. The van der Waals surface area contributed by atoms with Gasteiger partial charge < -0.3 is 4.42 Å². The number of aromatic nitrogens is 3. The molecule has 3 heterocycles. The number of rotatable bonds is 3. The van der Waals surface area contributed by atoms with E-state index in [1.807, 2.05) is 30.3 Å². The van der Waals surface area contributed by atoms with Gasteiger partial charge in [0.2, 0.25) is 0 Å². The molecule has 0 aliphatic carbocycles. The molecule has 0 atom stereocenters. The molecule has 0 amide bonds. The summed E-state index contributed by atoms with van der Waals surface area (Å²) >= 11 is 1.78. The lowest BCUT2D eigenvalue weighted by molar-refractivity contribution is 0.673. The van der Waals surface area contributed by atoms with Crippen LogP contribution in [0, 0.1) is 0 Å². The van der Waals surface area contributed by atoms with Crippen LogP contribution >= 0.6 is 11.3 Å². The molecule has 5 heteroatoms. The molecule has 10 rings (SSSR count). The highest BCUT2D eigenvalue weighted by Gasteiger charge is 2.22. The molecule has 0 spiro atoms. The lowest BCUT2D eigenvalue weighted by Crippen LogP contribution is -2.00. The van der Waals surface area contributed by atoms with Crippen LogP contribution in [-0.4, -0.2) is 15.0 Å². The summed E-state index contributed by atoms with van der Waals surface area (Å²) in [6.07, 6.45) is 0. The summed E-state index contributed by atoms with van der Waals surface area (Å²) in [7, 11) is 0. The van der Waals surface area contributed by atoms with Gasteiger partial charge in [0.1, 0.15) is 11.2 Å². The zero-order valence-electron chi connectivity index (χ0n) is 24.4. The molecule has 214 valence electrons. The lowest BCUT2D eigenvalue weighted by atomic mass is 9.95. The average Bonchev–Trinajstić information content (AvgIpc) is 3.70. The minimum Gasteiger partial charge on any atom is -0.455 e. The van der Waals surface area contributed by atoms with Crippen molar-refractivity contribution in [3.63, 3.8) is 0 Å². The maximum absolute atomic E-state index is 6.69. The van der Waals surface area contributed by atoms with Crippen molar-refractivity contribution < 1.29 is 4.42 Å². The van der Waals surface area contributed by atoms with E-state index >= 15 is 0 Å². The quantitative estimate of drug-likeness (QED) is 0.188. The third-order valence-corrected chi connectivity index (χ3v) is 10.1. The highest BCUT2D eigenvalue weighted by molar-refractivity contribution is 7.26. The van der Waals surface area contributed by atoms with Crippen LogP contribution in [-0.2, 0) is 0 Å². The van der Waals surface area contributed by atoms with E-state index in [2.05, 4.69) is 109 Å². The monoisotopic (exact) mass is 605 g/mol. The van der Waals surface area contributed by atoms with Gasteiger partial charge in [-0.25, -0.2) is 15.0 Å². The molecule has 0 radical (unpaired) electrons. The fourth-order valence-corrected chi connectivity index (χ4v) is 8.02. The van der Waals surface area contributed by atoms with Crippen molar-refractivity contribution in [1.82, 2.24) is 15.0 Å². The Hall–Kier alpha value is -5.91. The smallest absolute Gasteiger partial charge is 0.165 e. The maximum atomic E-state index is 6.69. The predicted octanol–water partition coefficient (Wildman–Crippen LogP) is 11.4. The molecular formula is C41H23N3OS. The molecule has 0 aliphatic heterocycles. The van der Waals surface area contributed by atoms with Crippen LogP contribution in [0.5, 0.6) is 0 Å². The SMILES string of the molecule is c1ccc(-c2nc(-c3cccc4c3sc3ccccc34)nc(-c3cc4ccc5ccccc5c4c4oc5ccccc5c34)n2)cc1. The van der Waals surface area contributed by atoms with Crippen LogP contribution in [0.25, 0.3) is 97.8 Å². The first-order valence-electron chi connectivity index (χ1n) is 15.3. The summed E-state index contributed by atoms with van der Waals surface area (Å²) in [6.45, 7) is 0. The number of benzene rings is 7. The number of thiophene rings is 1. The third kappa shape index (κ3) is 3.76. The molecule has 0 N–H and O–H groups in total. The van der Waals surface area contributed by atoms with Crippen molar-refractivity contribution in [2.45, 2.75) is 0 Å². The fourth-order valence-electron chi connectivity index (χ4n) is 6.81. The van der Waals surface area contributed by atoms with Gasteiger partial charge >= 0.3 is 0 Å². The van der Waals surface area contributed by atoms with Gasteiger partial charge in [-0.1, -0.05) is 115 Å². The van der Waals surface area contributed by atoms with Gasteiger partial charge in [0, 0.05) is 53.0 Å². The van der Waals surface area contributed by atoms with E-state index in [0.29, 0.717) is 17.5 Å². The zero-order chi connectivity index (χ0) is 30.2. The van der Waals surface area contributed by atoms with E-state index in [-0.39, 0.29) is 0 Å². The van der Waals surface area contributed by atoms with Crippen molar-refractivity contribution in [3.8, 4) is 34.2 Å². The van der Waals surface area contributed by atoms with Crippen molar-refractivity contribution >= 4 is 75.0 Å². The Morgan fingerprint density at radius 3 is 2.02 bits per heavy atom. The van der Waals surface area contributed by atoms with Crippen molar-refractivity contribution in [1.29, 1.82) is 0 Å². The molecule has 0 unspecified atom stereocenters. The Morgan fingerprint density at radius 1 is 0.457 bits per heavy atom. The van der Waals surface area contributed by atoms with Gasteiger partial charge in [-0.2, -0.15) is 0 Å². The van der Waals surface area contributed by atoms with E-state index in [1.165, 1.54) is 25.6 Å². The van der Waals surface area contributed by atoms with Gasteiger partial charge in [-0.15, -0.1) is 11.3 Å². The van der Waals surface area contributed by atoms with Crippen molar-refractivity contribution in [2.75, 3.05) is 0 Å². The van der Waals surface area contributed by atoms with E-state index < -0.39 is 0 Å². The molecule has 10 aromatic rings. The van der Waals surface area contributed by atoms with E-state index in [1.54, 1.807) is 11.3 Å².